The van der Waals surface area contributed by atoms with Gasteiger partial charge in [0.05, 0.1) is 24.5 Å². The number of methoxy groups -OCH3 is 1. The third kappa shape index (κ3) is 5.17. The van der Waals surface area contributed by atoms with E-state index in [2.05, 4.69) is 36.0 Å². The highest BCUT2D eigenvalue weighted by atomic mass is 79.9. The molecule has 2 aromatic heterocycles. The summed E-state index contributed by atoms with van der Waals surface area (Å²) in [5.74, 6) is -0.426. The monoisotopic (exact) mass is 554 g/mol. The lowest BCUT2D eigenvalue weighted by Gasteiger charge is -2.36. The first kappa shape index (κ1) is 24.4. The number of carboxylic acids is 1. The van der Waals surface area contributed by atoms with Crippen LogP contribution in [0.5, 0.6) is 11.6 Å². The molecule has 12 nitrogen and oxygen atoms in total. The van der Waals surface area contributed by atoms with E-state index in [1.54, 1.807) is 30.6 Å². The highest BCUT2D eigenvalue weighted by Gasteiger charge is 2.37. The van der Waals surface area contributed by atoms with Crippen LogP contribution < -0.4 is 20.1 Å². The quantitative estimate of drug-likeness (QED) is 0.314. The molecule has 182 valence electrons. The zero-order valence-electron chi connectivity index (χ0n) is 18.4. The molecule has 0 radical (unpaired) electrons. The first-order valence-electron chi connectivity index (χ1n) is 10.4. The van der Waals surface area contributed by atoms with Crippen molar-refractivity contribution in [2.75, 3.05) is 19.5 Å². The van der Waals surface area contributed by atoms with Crippen LogP contribution in [0.1, 0.15) is 25.8 Å². The van der Waals surface area contributed by atoms with Gasteiger partial charge in [-0.15, -0.1) is 0 Å². The molecule has 0 amide bonds. The van der Waals surface area contributed by atoms with Gasteiger partial charge in [-0.2, -0.15) is 15.1 Å². The van der Waals surface area contributed by atoms with E-state index in [0.29, 0.717) is 34.4 Å². The summed E-state index contributed by atoms with van der Waals surface area (Å²) in [6.07, 6.45) is 3.09. The van der Waals surface area contributed by atoms with Gasteiger partial charge < -0.3 is 24.7 Å². The number of para-hydroxylation sites is 1. The van der Waals surface area contributed by atoms with E-state index < -0.39 is 19.8 Å². The third-order valence-corrected chi connectivity index (χ3v) is 7.75. The minimum absolute atomic E-state index is 0.0709. The van der Waals surface area contributed by atoms with Crippen molar-refractivity contribution in [3.8, 4) is 11.6 Å². The van der Waals surface area contributed by atoms with E-state index in [0.717, 1.165) is 0 Å². The smallest absolute Gasteiger partial charge is 0.459 e. The van der Waals surface area contributed by atoms with Crippen LogP contribution in [0.15, 0.2) is 35.1 Å². The van der Waals surface area contributed by atoms with Crippen LogP contribution in [-0.4, -0.2) is 50.4 Å². The number of nitrogens with zero attached hydrogens (tertiary/aromatic N) is 4. The van der Waals surface area contributed by atoms with E-state index >= 15 is 0 Å². The molecule has 1 fully saturated rings. The average molecular weight is 555 g/mol. The molecule has 0 spiro atoms. The first-order valence-corrected chi connectivity index (χ1v) is 12.8. The molecule has 1 aliphatic carbocycles. The van der Waals surface area contributed by atoms with E-state index in [1.807, 2.05) is 4.57 Å². The van der Waals surface area contributed by atoms with Gasteiger partial charge in [0.15, 0.2) is 11.2 Å². The van der Waals surface area contributed by atoms with Crippen molar-refractivity contribution in [2.45, 2.75) is 31.8 Å². The van der Waals surface area contributed by atoms with Crippen molar-refractivity contribution in [2.24, 2.45) is 5.92 Å². The maximum absolute atomic E-state index is 13.4. The predicted molar refractivity (Wildman–Crippen MR) is 127 cm³/mol. The molecule has 1 aromatic carbocycles. The van der Waals surface area contributed by atoms with Crippen molar-refractivity contribution in [3.05, 3.63) is 35.1 Å². The van der Waals surface area contributed by atoms with Crippen LogP contribution in [0.25, 0.3) is 11.2 Å². The van der Waals surface area contributed by atoms with Crippen LogP contribution in [0, 0.1) is 5.92 Å². The zero-order chi connectivity index (χ0) is 24.5. The Balaban J connectivity index is 1.43. The van der Waals surface area contributed by atoms with Crippen LogP contribution in [0.2, 0.25) is 0 Å². The van der Waals surface area contributed by atoms with Crippen molar-refractivity contribution in [1.82, 2.24) is 24.6 Å². The Kier molecular flexibility index (Phi) is 7.08. The SMILES string of the molecule is COc1nc(N)nc2c1ncn2[C@H]1C[C@@H](COP(=O)(N[C@@H](C)C(=O)O)Oc2ccccc2Br)C1. The molecule has 1 saturated carbocycles. The topological polar surface area (TPSA) is 164 Å². The number of hydrogen-bond acceptors (Lipinski definition) is 9. The Hall–Kier alpha value is -2.73. The number of benzene rings is 1. The van der Waals surface area contributed by atoms with Crippen molar-refractivity contribution in [3.63, 3.8) is 0 Å². The molecule has 2 heterocycles. The average Bonchev–Trinajstić information content (AvgIpc) is 3.17. The summed E-state index contributed by atoms with van der Waals surface area (Å²) in [5.41, 5.74) is 6.89. The van der Waals surface area contributed by atoms with Gasteiger partial charge in [0.2, 0.25) is 11.8 Å². The molecular formula is C20H24BrN6O6P. The van der Waals surface area contributed by atoms with Crippen LogP contribution in [0.4, 0.5) is 5.95 Å². The Morgan fingerprint density at radius 1 is 1.38 bits per heavy atom. The molecule has 4 rings (SSSR count). The number of anilines is 1. The Bertz CT molecular complexity index is 1250. The number of nitrogens with two attached hydrogens (primary N) is 1. The lowest BCUT2D eigenvalue weighted by atomic mass is 9.81. The minimum atomic E-state index is -3.98. The number of carbonyl (C=O) groups is 1. The molecule has 14 heteroatoms. The fraction of sp³-hybridized carbons (Fsp3) is 0.400. The highest BCUT2D eigenvalue weighted by Crippen LogP contribution is 2.49. The van der Waals surface area contributed by atoms with E-state index in [-0.39, 0.29) is 30.3 Å². The molecule has 34 heavy (non-hydrogen) atoms. The van der Waals surface area contributed by atoms with Gasteiger partial charge in [0, 0.05) is 6.04 Å². The molecule has 0 bridgehead atoms. The van der Waals surface area contributed by atoms with Gasteiger partial charge in [-0.25, -0.2) is 9.55 Å². The van der Waals surface area contributed by atoms with E-state index in [9.17, 15) is 14.5 Å². The third-order valence-electron chi connectivity index (χ3n) is 5.46. The number of fused-ring (bicyclic) bond motifs is 1. The molecule has 0 aliphatic heterocycles. The largest absolute Gasteiger partial charge is 0.480 e. The van der Waals surface area contributed by atoms with Crippen molar-refractivity contribution in [1.29, 1.82) is 0 Å². The molecule has 4 N–H and O–H groups in total. The number of carboxylic acid groups (broad SMARTS) is 1. The minimum Gasteiger partial charge on any atom is -0.480 e. The number of hydrogen-bond donors (Lipinski definition) is 3. The van der Waals surface area contributed by atoms with Crippen molar-refractivity contribution < 1.29 is 28.3 Å². The molecule has 2 atom stereocenters. The fourth-order valence-electron chi connectivity index (χ4n) is 3.61. The zero-order valence-corrected chi connectivity index (χ0v) is 20.9. The summed E-state index contributed by atoms with van der Waals surface area (Å²) in [7, 11) is -2.49. The summed E-state index contributed by atoms with van der Waals surface area (Å²) in [6.45, 7) is 1.48. The molecule has 3 aromatic rings. The number of ether oxygens (including phenoxy) is 1. The summed E-state index contributed by atoms with van der Waals surface area (Å²) in [5, 5.41) is 11.7. The predicted octanol–water partition coefficient (Wildman–Crippen LogP) is 3.40. The van der Waals surface area contributed by atoms with Gasteiger partial charge >= 0.3 is 13.7 Å². The maximum atomic E-state index is 13.4. The number of aromatic nitrogens is 4. The van der Waals surface area contributed by atoms with E-state index in [1.165, 1.54) is 14.0 Å². The maximum Gasteiger partial charge on any atom is 0.459 e. The van der Waals surface area contributed by atoms with Gasteiger partial charge in [-0.05, 0) is 53.7 Å². The fourth-order valence-corrected chi connectivity index (χ4v) is 5.69. The van der Waals surface area contributed by atoms with Crippen LogP contribution in [-0.2, 0) is 13.9 Å². The van der Waals surface area contributed by atoms with Crippen molar-refractivity contribution >= 4 is 46.8 Å². The number of imidazole rings is 1. The van der Waals surface area contributed by atoms with Gasteiger partial charge in [0.25, 0.3) is 0 Å². The second-order valence-corrected chi connectivity index (χ2v) is 10.5. The second-order valence-electron chi connectivity index (χ2n) is 7.91. The Labute approximate surface area is 203 Å². The molecule has 0 saturated heterocycles. The number of aliphatic carboxylic acids is 1. The molecule has 1 unspecified atom stereocenters. The number of rotatable bonds is 10. The van der Waals surface area contributed by atoms with Crippen LogP contribution in [0.3, 0.4) is 0 Å². The Morgan fingerprint density at radius 3 is 2.79 bits per heavy atom. The number of nitrogen functional groups attached to an aromatic ring is 1. The first-order chi connectivity index (χ1) is 16.2. The lowest BCUT2D eigenvalue weighted by Crippen LogP contribution is -2.35. The summed E-state index contributed by atoms with van der Waals surface area (Å²) in [6, 6.07) is 5.77. The standard InChI is InChI=1S/C20H24BrN6O6P/c1-11(19(28)29)26-34(30,33-15-6-4-3-5-14(15)21)32-9-12-7-13(8-12)27-10-23-16-17(27)24-20(22)25-18(16)31-2/h3-6,10-13H,7-9H2,1-2H3,(H,26,30)(H,28,29)(H2,22,24,25)/t11-,12-,13+,34?/m0/s1. The molecule has 1 aliphatic rings. The highest BCUT2D eigenvalue weighted by molar-refractivity contribution is 9.10. The van der Waals surface area contributed by atoms with Gasteiger partial charge in [-0.1, -0.05) is 12.1 Å². The van der Waals surface area contributed by atoms with Gasteiger partial charge in [0.1, 0.15) is 11.8 Å². The summed E-state index contributed by atoms with van der Waals surface area (Å²) in [4.78, 5) is 24.0. The van der Waals surface area contributed by atoms with Gasteiger partial charge in [-0.3, -0.25) is 9.32 Å². The summed E-state index contributed by atoms with van der Waals surface area (Å²) >= 11 is 3.33. The number of nitrogens with one attached hydrogen (secondary N) is 1. The number of halogens is 1. The molecular weight excluding hydrogens is 531 g/mol. The van der Waals surface area contributed by atoms with Crippen LogP contribution >= 0.6 is 23.7 Å². The Morgan fingerprint density at radius 2 is 2.12 bits per heavy atom. The lowest BCUT2D eigenvalue weighted by molar-refractivity contribution is -0.138. The normalized spacial score (nSPS) is 20.3. The summed E-state index contributed by atoms with van der Waals surface area (Å²) < 4.78 is 32.4. The van der Waals surface area contributed by atoms with E-state index in [4.69, 9.17) is 19.5 Å². The second kappa shape index (κ2) is 9.87.